The smallest absolute Gasteiger partial charge is 0.242 e. The zero-order valence-corrected chi connectivity index (χ0v) is 12.7. The van der Waals surface area contributed by atoms with Crippen LogP contribution in [0.3, 0.4) is 0 Å². The van der Waals surface area contributed by atoms with Crippen molar-refractivity contribution >= 4 is 10.0 Å². The van der Waals surface area contributed by atoms with E-state index in [0.717, 1.165) is 0 Å². The van der Waals surface area contributed by atoms with Gasteiger partial charge in [0.2, 0.25) is 10.0 Å². The van der Waals surface area contributed by atoms with Crippen molar-refractivity contribution in [3.63, 3.8) is 0 Å². The molecule has 0 spiro atoms. The highest BCUT2D eigenvalue weighted by Crippen LogP contribution is 2.22. The molecule has 0 fully saturated rings. The van der Waals surface area contributed by atoms with Gasteiger partial charge in [-0.2, -0.15) is 0 Å². The average Bonchev–Trinajstić information content (AvgIpc) is 2.38. The first kappa shape index (κ1) is 15.9. The molecule has 19 heavy (non-hydrogen) atoms. The Hall–Kier alpha value is -1.11. The third-order valence-electron chi connectivity index (χ3n) is 2.97. The van der Waals surface area contributed by atoms with Gasteiger partial charge < -0.3 is 10.5 Å². The molecule has 108 valence electrons. The van der Waals surface area contributed by atoms with Crippen molar-refractivity contribution in [2.24, 2.45) is 11.1 Å². The second-order valence-corrected chi connectivity index (χ2v) is 7.35. The van der Waals surface area contributed by atoms with Gasteiger partial charge in [0, 0.05) is 13.6 Å². The van der Waals surface area contributed by atoms with Gasteiger partial charge in [0.15, 0.2) is 0 Å². The second-order valence-electron chi connectivity index (χ2n) is 5.30. The number of nitrogens with two attached hydrogens (primary N) is 1. The zero-order chi connectivity index (χ0) is 14.7. The number of sulfonamides is 1. The fourth-order valence-corrected chi connectivity index (χ4v) is 3.04. The van der Waals surface area contributed by atoms with Crippen molar-refractivity contribution in [2.45, 2.75) is 18.7 Å². The lowest BCUT2D eigenvalue weighted by Crippen LogP contribution is -2.39. The van der Waals surface area contributed by atoms with E-state index in [4.69, 9.17) is 10.5 Å². The number of benzene rings is 1. The normalized spacial score (nSPS) is 12.7. The van der Waals surface area contributed by atoms with Crippen LogP contribution in [0.15, 0.2) is 29.2 Å². The largest absolute Gasteiger partial charge is 0.497 e. The first-order valence-electron chi connectivity index (χ1n) is 6.03. The lowest BCUT2D eigenvalue weighted by molar-refractivity contribution is 0.292. The third-order valence-corrected chi connectivity index (χ3v) is 4.79. The highest BCUT2D eigenvalue weighted by atomic mass is 32.2. The van der Waals surface area contributed by atoms with Crippen LogP contribution in [0, 0.1) is 5.41 Å². The van der Waals surface area contributed by atoms with E-state index < -0.39 is 10.0 Å². The van der Waals surface area contributed by atoms with Crippen LogP contribution in [0.5, 0.6) is 5.75 Å². The average molecular weight is 286 g/mol. The molecule has 0 unspecified atom stereocenters. The van der Waals surface area contributed by atoms with Gasteiger partial charge in [-0.3, -0.25) is 0 Å². The van der Waals surface area contributed by atoms with Gasteiger partial charge in [-0.15, -0.1) is 0 Å². The number of ether oxygens (including phenoxy) is 1. The van der Waals surface area contributed by atoms with Crippen LogP contribution in [0.4, 0.5) is 0 Å². The van der Waals surface area contributed by atoms with Gasteiger partial charge >= 0.3 is 0 Å². The summed E-state index contributed by atoms with van der Waals surface area (Å²) in [6.07, 6.45) is 0. The van der Waals surface area contributed by atoms with E-state index in [2.05, 4.69) is 0 Å². The van der Waals surface area contributed by atoms with Crippen LogP contribution >= 0.6 is 0 Å². The summed E-state index contributed by atoms with van der Waals surface area (Å²) < 4.78 is 31.1. The minimum absolute atomic E-state index is 0.253. The monoisotopic (exact) mass is 286 g/mol. The maximum Gasteiger partial charge on any atom is 0.242 e. The summed E-state index contributed by atoms with van der Waals surface area (Å²) in [6, 6.07) is 6.35. The molecule has 6 heteroatoms. The fourth-order valence-electron chi connectivity index (χ4n) is 1.68. The highest BCUT2D eigenvalue weighted by molar-refractivity contribution is 7.89. The lowest BCUT2D eigenvalue weighted by atomic mass is 9.94. The van der Waals surface area contributed by atoms with Crippen molar-refractivity contribution in [3.05, 3.63) is 24.3 Å². The Bertz CT molecular complexity index is 509. The number of rotatable bonds is 6. The predicted octanol–water partition coefficient (Wildman–Crippen LogP) is 1.30. The highest BCUT2D eigenvalue weighted by Gasteiger charge is 2.27. The van der Waals surface area contributed by atoms with Crippen molar-refractivity contribution in [2.75, 3.05) is 27.2 Å². The topological polar surface area (TPSA) is 72.6 Å². The molecule has 0 aliphatic heterocycles. The van der Waals surface area contributed by atoms with Crippen molar-refractivity contribution in [1.82, 2.24) is 4.31 Å². The number of hydrogen-bond donors (Lipinski definition) is 1. The molecule has 0 aliphatic carbocycles. The summed E-state index contributed by atoms with van der Waals surface area (Å²) in [6.45, 7) is 4.67. The SMILES string of the molecule is COc1ccc(S(=O)(=O)N(C)CC(C)(C)CN)cc1. The summed E-state index contributed by atoms with van der Waals surface area (Å²) in [5.41, 5.74) is 5.38. The number of nitrogens with zero attached hydrogens (tertiary/aromatic N) is 1. The van der Waals surface area contributed by atoms with Gasteiger partial charge in [-0.05, 0) is 36.2 Å². The quantitative estimate of drug-likeness (QED) is 0.855. The molecule has 1 aromatic rings. The van der Waals surface area contributed by atoms with E-state index in [-0.39, 0.29) is 10.3 Å². The molecule has 0 radical (unpaired) electrons. The summed E-state index contributed by atoms with van der Waals surface area (Å²) in [4.78, 5) is 0.253. The van der Waals surface area contributed by atoms with E-state index in [1.54, 1.807) is 38.4 Å². The van der Waals surface area contributed by atoms with Crippen LogP contribution < -0.4 is 10.5 Å². The minimum atomic E-state index is -3.49. The van der Waals surface area contributed by atoms with Crippen LogP contribution in [-0.2, 0) is 10.0 Å². The van der Waals surface area contributed by atoms with Crippen LogP contribution in [0.2, 0.25) is 0 Å². The van der Waals surface area contributed by atoms with Crippen LogP contribution in [0.1, 0.15) is 13.8 Å². The standard InChI is InChI=1S/C13H22N2O3S/c1-13(2,9-14)10-15(3)19(16,17)12-7-5-11(18-4)6-8-12/h5-8H,9-10,14H2,1-4H3. The minimum Gasteiger partial charge on any atom is -0.497 e. The molecule has 0 bridgehead atoms. The number of hydrogen-bond acceptors (Lipinski definition) is 4. The van der Waals surface area contributed by atoms with E-state index in [9.17, 15) is 8.42 Å². The van der Waals surface area contributed by atoms with Crippen molar-refractivity contribution < 1.29 is 13.2 Å². The Morgan fingerprint density at radius 3 is 2.21 bits per heavy atom. The molecule has 0 amide bonds. The predicted molar refractivity (Wildman–Crippen MR) is 75.6 cm³/mol. The Labute approximate surface area is 115 Å². The van der Waals surface area contributed by atoms with Crippen LogP contribution in [0.25, 0.3) is 0 Å². The molecule has 0 saturated carbocycles. The molecule has 5 nitrogen and oxygen atoms in total. The Kier molecular flexibility index (Phi) is 4.95. The van der Waals surface area contributed by atoms with Gasteiger partial charge in [0.25, 0.3) is 0 Å². The first-order chi connectivity index (χ1) is 8.73. The summed E-state index contributed by atoms with van der Waals surface area (Å²) in [5.74, 6) is 0.629. The Morgan fingerprint density at radius 1 is 1.26 bits per heavy atom. The molecule has 0 aromatic heterocycles. The molecule has 1 aromatic carbocycles. The molecule has 0 heterocycles. The molecule has 0 aliphatic rings. The van der Waals surface area contributed by atoms with Gasteiger partial charge in [-0.1, -0.05) is 13.8 Å². The second kappa shape index (κ2) is 5.90. The fraction of sp³-hybridized carbons (Fsp3) is 0.538. The van der Waals surface area contributed by atoms with Crippen LogP contribution in [-0.4, -0.2) is 40.0 Å². The summed E-state index contributed by atoms with van der Waals surface area (Å²) in [5, 5.41) is 0. The first-order valence-corrected chi connectivity index (χ1v) is 7.47. The van der Waals surface area contributed by atoms with Gasteiger partial charge in [0.05, 0.1) is 12.0 Å². The van der Waals surface area contributed by atoms with E-state index in [1.807, 2.05) is 13.8 Å². The third kappa shape index (κ3) is 3.92. The molecule has 0 atom stereocenters. The molecule has 0 saturated heterocycles. The Balaban J connectivity index is 2.96. The van der Waals surface area contributed by atoms with E-state index in [0.29, 0.717) is 18.8 Å². The van der Waals surface area contributed by atoms with Gasteiger partial charge in [-0.25, -0.2) is 12.7 Å². The summed E-state index contributed by atoms with van der Waals surface area (Å²) in [7, 11) is -0.378. The van der Waals surface area contributed by atoms with E-state index in [1.165, 1.54) is 4.31 Å². The lowest BCUT2D eigenvalue weighted by Gasteiger charge is -2.28. The zero-order valence-electron chi connectivity index (χ0n) is 11.9. The number of methoxy groups -OCH3 is 1. The van der Waals surface area contributed by atoms with Gasteiger partial charge in [0.1, 0.15) is 5.75 Å². The summed E-state index contributed by atoms with van der Waals surface area (Å²) >= 11 is 0. The maximum absolute atomic E-state index is 12.4. The maximum atomic E-state index is 12.4. The van der Waals surface area contributed by atoms with Crippen molar-refractivity contribution in [3.8, 4) is 5.75 Å². The van der Waals surface area contributed by atoms with E-state index >= 15 is 0 Å². The molecule has 2 N–H and O–H groups in total. The van der Waals surface area contributed by atoms with Crippen molar-refractivity contribution in [1.29, 1.82) is 0 Å². The molecular formula is C13H22N2O3S. The molecular weight excluding hydrogens is 264 g/mol. The Morgan fingerprint density at radius 2 is 1.79 bits per heavy atom. The molecule has 1 rings (SSSR count).